The van der Waals surface area contributed by atoms with E-state index in [0.29, 0.717) is 6.42 Å². The molecule has 2 rings (SSSR count). The third-order valence-corrected chi connectivity index (χ3v) is 6.81. The summed E-state index contributed by atoms with van der Waals surface area (Å²) in [5.41, 5.74) is -0.333. The van der Waals surface area contributed by atoms with Crippen molar-refractivity contribution < 1.29 is 53.8 Å². The lowest BCUT2D eigenvalue weighted by atomic mass is 10.0. The molecule has 1 aliphatic heterocycles. The zero-order valence-corrected chi connectivity index (χ0v) is 23.1. The minimum absolute atomic E-state index is 0.0430. The van der Waals surface area contributed by atoms with Crippen LogP contribution in [0.15, 0.2) is 12.1 Å². The fourth-order valence-electron chi connectivity index (χ4n) is 4.46. The predicted octanol–water partition coefficient (Wildman–Crippen LogP) is 4.21. The number of cyclic esters (lactones) is 1. The second-order valence-corrected chi connectivity index (χ2v) is 10.2. The van der Waals surface area contributed by atoms with Crippen LogP contribution in [0.4, 0.5) is 0 Å². The maximum Gasteiger partial charge on any atom is 0.379 e. The largest absolute Gasteiger partial charge is 0.504 e. The summed E-state index contributed by atoms with van der Waals surface area (Å²) in [6.45, 7) is 1.47. The van der Waals surface area contributed by atoms with E-state index in [1.165, 1.54) is 51.4 Å². The molecule has 3 unspecified atom stereocenters. The number of Topliss-reactive ketones (excluding diaryl/α,β-unsaturated/α-hetero) is 1. The van der Waals surface area contributed by atoms with E-state index in [-0.39, 0.29) is 12.0 Å². The number of carbonyl (C=O) groups excluding carboxylic acids is 4. The van der Waals surface area contributed by atoms with Gasteiger partial charge in [-0.3, -0.25) is 9.59 Å². The molecule has 0 bridgehead atoms. The first-order chi connectivity index (χ1) is 19.1. The number of aliphatic hydroxyl groups excluding tert-OH is 1. The average Bonchev–Trinajstić information content (AvgIpc) is 3.20. The van der Waals surface area contributed by atoms with Crippen LogP contribution in [0.25, 0.3) is 0 Å². The number of ketones is 1. The summed E-state index contributed by atoms with van der Waals surface area (Å²) in [6, 6.07) is 1.67. The lowest BCUT2D eigenvalue weighted by molar-refractivity contribution is -0.160. The highest BCUT2D eigenvalue weighted by Crippen LogP contribution is 2.35. The van der Waals surface area contributed by atoms with E-state index < -0.39 is 65.9 Å². The van der Waals surface area contributed by atoms with Crippen LogP contribution in [-0.2, 0) is 28.6 Å². The number of unbranched alkanes of at least 4 members (excludes halogenated alkanes) is 12. The molecule has 1 aromatic carbocycles. The summed E-state index contributed by atoms with van der Waals surface area (Å²) in [4.78, 5) is 48.4. The van der Waals surface area contributed by atoms with Crippen LogP contribution >= 0.6 is 0 Å². The molecule has 0 radical (unpaired) electrons. The summed E-state index contributed by atoms with van der Waals surface area (Å²) in [6.07, 6.45) is 10.0. The Labute approximate surface area is 234 Å². The van der Waals surface area contributed by atoms with E-state index in [1.54, 1.807) is 0 Å². The van der Waals surface area contributed by atoms with Crippen LogP contribution in [0.5, 0.6) is 17.2 Å². The molecule has 4 N–H and O–H groups in total. The number of ether oxygens (including phenoxy) is 3. The molecule has 0 saturated carbocycles. The number of phenols is 3. The van der Waals surface area contributed by atoms with Gasteiger partial charge in [0.15, 0.2) is 23.4 Å². The minimum Gasteiger partial charge on any atom is -0.504 e. The molecule has 1 aromatic rings. The van der Waals surface area contributed by atoms with Crippen molar-refractivity contribution in [2.24, 2.45) is 0 Å². The number of benzene rings is 1. The second kappa shape index (κ2) is 17.4. The molecule has 3 atom stereocenters. The zero-order valence-electron chi connectivity index (χ0n) is 23.1. The van der Waals surface area contributed by atoms with E-state index in [0.717, 1.165) is 37.8 Å². The molecule has 0 spiro atoms. The Morgan fingerprint density at radius 2 is 1.35 bits per heavy atom. The van der Waals surface area contributed by atoms with Crippen LogP contribution in [0.1, 0.15) is 107 Å². The first kappa shape index (κ1) is 32.9. The van der Waals surface area contributed by atoms with Crippen molar-refractivity contribution in [1.29, 1.82) is 0 Å². The van der Waals surface area contributed by atoms with Gasteiger partial charge in [0, 0.05) is 6.42 Å². The number of phenolic OH excluding ortho intramolecular Hbond substituents is 3. The van der Waals surface area contributed by atoms with Crippen molar-refractivity contribution in [2.45, 2.75) is 115 Å². The van der Waals surface area contributed by atoms with E-state index in [1.807, 2.05) is 0 Å². The highest BCUT2D eigenvalue weighted by atomic mass is 16.6. The highest BCUT2D eigenvalue weighted by molar-refractivity contribution is 6.37. The van der Waals surface area contributed by atoms with Crippen LogP contribution in [0.2, 0.25) is 0 Å². The Balaban J connectivity index is 1.67. The molecule has 0 aliphatic carbocycles. The molecular formula is C29H42O11. The van der Waals surface area contributed by atoms with Gasteiger partial charge in [-0.05, 0) is 18.6 Å². The van der Waals surface area contributed by atoms with Gasteiger partial charge in [0.05, 0.1) is 5.56 Å². The molecular weight excluding hydrogens is 524 g/mol. The third kappa shape index (κ3) is 10.7. The SMILES string of the molecule is CCCCCCCCCCCCCCCC(=O)OC1C(=O)C(=O)OC1C(O)COC(=O)c1cc(O)c(O)c(O)c1. The molecule has 1 heterocycles. The van der Waals surface area contributed by atoms with Gasteiger partial charge in [0.2, 0.25) is 6.10 Å². The molecule has 1 aliphatic rings. The van der Waals surface area contributed by atoms with Crippen molar-refractivity contribution in [3.8, 4) is 17.2 Å². The smallest absolute Gasteiger partial charge is 0.379 e. The zero-order chi connectivity index (χ0) is 29.5. The maximum absolute atomic E-state index is 12.3. The molecule has 11 heteroatoms. The Morgan fingerprint density at radius 1 is 0.850 bits per heavy atom. The first-order valence-electron chi connectivity index (χ1n) is 14.2. The number of aromatic hydroxyl groups is 3. The minimum atomic E-state index is -1.70. The van der Waals surface area contributed by atoms with Gasteiger partial charge in [-0.1, -0.05) is 84.0 Å². The van der Waals surface area contributed by atoms with Crippen LogP contribution in [0, 0.1) is 0 Å². The monoisotopic (exact) mass is 566 g/mol. The Morgan fingerprint density at radius 3 is 1.88 bits per heavy atom. The topological polar surface area (TPSA) is 177 Å². The maximum atomic E-state index is 12.3. The lowest BCUT2D eigenvalue weighted by Crippen LogP contribution is -2.42. The average molecular weight is 567 g/mol. The van der Waals surface area contributed by atoms with Gasteiger partial charge >= 0.3 is 17.9 Å². The quantitative estimate of drug-likeness (QED) is 0.0620. The summed E-state index contributed by atoms with van der Waals surface area (Å²) in [7, 11) is 0. The van der Waals surface area contributed by atoms with E-state index in [2.05, 4.69) is 6.92 Å². The fourth-order valence-corrected chi connectivity index (χ4v) is 4.46. The van der Waals surface area contributed by atoms with Gasteiger partial charge in [-0.25, -0.2) is 9.59 Å². The summed E-state index contributed by atoms with van der Waals surface area (Å²) >= 11 is 0. The van der Waals surface area contributed by atoms with E-state index in [4.69, 9.17) is 14.2 Å². The fraction of sp³-hybridized carbons (Fsp3) is 0.655. The summed E-state index contributed by atoms with van der Waals surface area (Å²) < 4.78 is 14.9. The molecule has 1 saturated heterocycles. The van der Waals surface area contributed by atoms with Crippen molar-refractivity contribution in [1.82, 2.24) is 0 Å². The van der Waals surface area contributed by atoms with Gasteiger partial charge < -0.3 is 34.6 Å². The standard InChI is InChI=1S/C29H42O11/c1-2-3-4-5-6-7-8-9-10-11-12-13-14-15-23(33)39-27-25(35)29(37)40-26(27)22(32)18-38-28(36)19-16-20(30)24(34)21(31)17-19/h16-17,22,26-27,30-32,34H,2-15,18H2,1H3. The number of hydrogen-bond acceptors (Lipinski definition) is 11. The van der Waals surface area contributed by atoms with E-state index >= 15 is 0 Å². The van der Waals surface area contributed by atoms with Crippen molar-refractivity contribution in [2.75, 3.05) is 6.61 Å². The van der Waals surface area contributed by atoms with Gasteiger partial charge in [-0.15, -0.1) is 0 Å². The molecule has 0 amide bonds. The van der Waals surface area contributed by atoms with Crippen LogP contribution in [0.3, 0.4) is 0 Å². The summed E-state index contributed by atoms with van der Waals surface area (Å²) in [5.74, 6) is -6.54. The predicted molar refractivity (Wildman–Crippen MR) is 143 cm³/mol. The molecule has 11 nitrogen and oxygen atoms in total. The Kier molecular flexibility index (Phi) is 14.3. The number of rotatable bonds is 19. The third-order valence-electron chi connectivity index (χ3n) is 6.81. The highest BCUT2D eigenvalue weighted by Gasteiger charge is 2.50. The number of carbonyl (C=O) groups is 4. The Bertz CT molecular complexity index is 967. The lowest BCUT2D eigenvalue weighted by Gasteiger charge is -2.21. The second-order valence-electron chi connectivity index (χ2n) is 10.2. The molecule has 40 heavy (non-hydrogen) atoms. The van der Waals surface area contributed by atoms with E-state index in [9.17, 15) is 39.6 Å². The van der Waals surface area contributed by atoms with Crippen LogP contribution < -0.4 is 0 Å². The molecule has 1 fully saturated rings. The van der Waals surface area contributed by atoms with Crippen LogP contribution in [-0.4, -0.2) is 69.0 Å². The van der Waals surface area contributed by atoms with Crippen molar-refractivity contribution in [3.05, 3.63) is 17.7 Å². The van der Waals surface area contributed by atoms with Gasteiger partial charge in [-0.2, -0.15) is 0 Å². The van der Waals surface area contributed by atoms with Crippen molar-refractivity contribution >= 4 is 23.7 Å². The van der Waals surface area contributed by atoms with Gasteiger partial charge in [0.25, 0.3) is 5.78 Å². The normalized spacial score (nSPS) is 17.4. The van der Waals surface area contributed by atoms with Crippen molar-refractivity contribution in [3.63, 3.8) is 0 Å². The van der Waals surface area contributed by atoms with Gasteiger partial charge in [0.1, 0.15) is 12.7 Å². The number of esters is 3. The summed E-state index contributed by atoms with van der Waals surface area (Å²) in [5, 5.41) is 38.8. The number of hydrogen-bond donors (Lipinski definition) is 4. The molecule has 0 aromatic heterocycles. The first-order valence-corrected chi connectivity index (χ1v) is 14.2. The number of aliphatic hydroxyl groups is 1. The molecule has 224 valence electrons. The Hall–Kier alpha value is -3.34.